The maximum absolute atomic E-state index is 12.5. The van der Waals surface area contributed by atoms with Gasteiger partial charge in [0.2, 0.25) is 0 Å². The second-order valence-electron chi connectivity index (χ2n) is 7.86. The zero-order chi connectivity index (χ0) is 24.1. The van der Waals surface area contributed by atoms with Gasteiger partial charge in [0.25, 0.3) is 5.56 Å². The summed E-state index contributed by atoms with van der Waals surface area (Å²) in [4.78, 5) is 51.2. The van der Waals surface area contributed by atoms with Crippen molar-refractivity contribution in [1.82, 2.24) is 9.55 Å². The fourth-order valence-electron chi connectivity index (χ4n) is 3.71. The molecule has 4 rings (SSSR count). The van der Waals surface area contributed by atoms with E-state index in [0.29, 0.717) is 16.7 Å². The second-order valence-corrected chi connectivity index (χ2v) is 7.86. The molecule has 0 radical (unpaired) electrons. The van der Waals surface area contributed by atoms with Crippen molar-refractivity contribution in [2.75, 3.05) is 13.2 Å². The number of hydrogen-bond donors (Lipinski definition) is 1. The molecule has 1 unspecified atom stereocenters. The van der Waals surface area contributed by atoms with Crippen molar-refractivity contribution >= 4 is 11.9 Å². The van der Waals surface area contributed by atoms with Crippen molar-refractivity contribution in [2.45, 2.75) is 18.6 Å². The lowest BCUT2D eigenvalue weighted by atomic mass is 9.92. The van der Waals surface area contributed by atoms with Crippen LogP contribution in [0.4, 0.5) is 0 Å². The summed E-state index contributed by atoms with van der Waals surface area (Å²) in [7, 11) is 0. The number of carbonyl (C=O) groups excluding carboxylic acids is 2. The molecular weight excluding hydrogens is 440 g/mol. The summed E-state index contributed by atoms with van der Waals surface area (Å²) < 4.78 is 18.0. The van der Waals surface area contributed by atoms with Crippen molar-refractivity contribution in [3.8, 4) is 0 Å². The van der Waals surface area contributed by atoms with Crippen LogP contribution in [0.5, 0.6) is 0 Å². The van der Waals surface area contributed by atoms with Crippen LogP contribution in [0, 0.1) is 0 Å². The Kier molecular flexibility index (Phi) is 6.55. The molecule has 1 fully saturated rings. The molecule has 3 aromatic rings. The molecule has 2 heterocycles. The Morgan fingerprint density at radius 2 is 1.65 bits per heavy atom. The highest BCUT2D eigenvalue weighted by Crippen LogP contribution is 2.36. The van der Waals surface area contributed by atoms with Crippen molar-refractivity contribution < 1.29 is 23.8 Å². The zero-order valence-electron chi connectivity index (χ0n) is 18.3. The van der Waals surface area contributed by atoms with Gasteiger partial charge in [-0.3, -0.25) is 14.3 Å². The summed E-state index contributed by atoms with van der Waals surface area (Å²) in [6, 6.07) is 18.1. The molecule has 0 spiro atoms. The molecule has 1 aliphatic heterocycles. The first-order valence-corrected chi connectivity index (χ1v) is 10.5. The minimum atomic E-state index is -1.11. The number of nitrogens with one attached hydrogen (secondary N) is 1. The second kappa shape index (κ2) is 9.72. The van der Waals surface area contributed by atoms with Gasteiger partial charge in [0, 0.05) is 17.8 Å². The van der Waals surface area contributed by atoms with Crippen molar-refractivity contribution in [2.24, 2.45) is 0 Å². The predicted molar refractivity (Wildman–Crippen MR) is 121 cm³/mol. The van der Waals surface area contributed by atoms with Gasteiger partial charge in [0.15, 0.2) is 0 Å². The molecule has 2 aromatic carbocycles. The van der Waals surface area contributed by atoms with Crippen LogP contribution in [-0.4, -0.2) is 40.8 Å². The first-order chi connectivity index (χ1) is 16.4. The molecular formula is C25H22N2O7. The Bertz CT molecular complexity index is 1330. The lowest BCUT2D eigenvalue weighted by Crippen LogP contribution is -2.44. The highest BCUT2D eigenvalue weighted by Gasteiger charge is 2.45. The van der Waals surface area contributed by atoms with Crippen LogP contribution >= 0.6 is 0 Å². The molecule has 1 saturated heterocycles. The third kappa shape index (κ3) is 4.74. The summed E-state index contributed by atoms with van der Waals surface area (Å²) in [5.41, 5.74) is -1.19. The molecule has 0 bridgehead atoms. The molecule has 0 saturated carbocycles. The number of ether oxygens (including phenoxy) is 3. The third-order valence-corrected chi connectivity index (χ3v) is 5.57. The number of benzene rings is 2. The van der Waals surface area contributed by atoms with Gasteiger partial charge in [-0.15, -0.1) is 0 Å². The number of rotatable bonds is 6. The normalized spacial score (nSPS) is 20.7. The smallest absolute Gasteiger partial charge is 0.342 e. The lowest BCUT2D eigenvalue weighted by Gasteiger charge is -2.27. The predicted octanol–water partition coefficient (Wildman–Crippen LogP) is 2.25. The Balaban J connectivity index is 1.62. The summed E-state index contributed by atoms with van der Waals surface area (Å²) >= 11 is 0. The van der Waals surface area contributed by atoms with E-state index in [1.807, 2.05) is 0 Å². The standard InChI is InChI=1S/C25H22N2O7/c1-25(27-13-12-21(28)26-24(27)31)16-34-20(15-33-23(30)18-10-6-3-7-11-18)19(25)14-32-22(29)17-8-4-2-5-9-17/h2-14,20H,15-16H2,1H3,(H,26,28,31)/t20-,25?/m1/s1. The third-order valence-electron chi connectivity index (χ3n) is 5.57. The van der Waals surface area contributed by atoms with Gasteiger partial charge in [-0.25, -0.2) is 14.4 Å². The van der Waals surface area contributed by atoms with Gasteiger partial charge >= 0.3 is 17.6 Å². The average molecular weight is 462 g/mol. The summed E-state index contributed by atoms with van der Waals surface area (Å²) in [6.45, 7) is 1.55. The summed E-state index contributed by atoms with van der Waals surface area (Å²) in [5, 5.41) is 0. The maximum atomic E-state index is 12.5. The Labute approximate surface area is 194 Å². The van der Waals surface area contributed by atoms with Crippen LogP contribution in [0.1, 0.15) is 27.6 Å². The van der Waals surface area contributed by atoms with Gasteiger partial charge in [0.1, 0.15) is 12.7 Å². The minimum Gasteiger partial charge on any atom is -0.459 e. The monoisotopic (exact) mass is 462 g/mol. The van der Waals surface area contributed by atoms with Crippen LogP contribution in [0.15, 0.2) is 94.4 Å². The molecule has 1 aromatic heterocycles. The van der Waals surface area contributed by atoms with Crippen LogP contribution in [0.2, 0.25) is 0 Å². The van der Waals surface area contributed by atoms with E-state index in [4.69, 9.17) is 14.2 Å². The van der Waals surface area contributed by atoms with E-state index in [1.54, 1.807) is 67.6 Å². The van der Waals surface area contributed by atoms with Crippen LogP contribution < -0.4 is 11.2 Å². The van der Waals surface area contributed by atoms with Crippen molar-refractivity contribution in [1.29, 1.82) is 0 Å². The van der Waals surface area contributed by atoms with E-state index in [1.165, 1.54) is 23.1 Å². The van der Waals surface area contributed by atoms with E-state index in [2.05, 4.69) is 4.98 Å². The van der Waals surface area contributed by atoms with Gasteiger partial charge < -0.3 is 14.2 Å². The number of esters is 2. The Hall–Kier alpha value is -4.24. The average Bonchev–Trinajstić information content (AvgIpc) is 3.17. The first kappa shape index (κ1) is 22.9. The van der Waals surface area contributed by atoms with Gasteiger partial charge in [-0.1, -0.05) is 36.4 Å². The highest BCUT2D eigenvalue weighted by atomic mass is 16.6. The maximum Gasteiger partial charge on any atom is 0.342 e. The number of carbonyl (C=O) groups is 2. The molecule has 2 atom stereocenters. The van der Waals surface area contributed by atoms with E-state index < -0.39 is 34.8 Å². The fraction of sp³-hybridized carbons (Fsp3) is 0.200. The summed E-state index contributed by atoms with van der Waals surface area (Å²) in [6.07, 6.45) is 1.77. The molecule has 174 valence electrons. The topological polar surface area (TPSA) is 117 Å². The molecule has 9 nitrogen and oxygen atoms in total. The van der Waals surface area contributed by atoms with E-state index in [0.717, 1.165) is 0 Å². The van der Waals surface area contributed by atoms with Crippen LogP contribution in [0.3, 0.4) is 0 Å². The molecule has 1 aliphatic rings. The summed E-state index contributed by atoms with van der Waals surface area (Å²) in [5.74, 6) is -1.14. The van der Waals surface area contributed by atoms with Crippen molar-refractivity contribution in [3.05, 3.63) is 117 Å². The first-order valence-electron chi connectivity index (χ1n) is 10.5. The molecule has 0 amide bonds. The molecule has 1 N–H and O–H groups in total. The van der Waals surface area contributed by atoms with Crippen LogP contribution in [-0.2, 0) is 19.7 Å². The largest absolute Gasteiger partial charge is 0.459 e. The van der Waals surface area contributed by atoms with Gasteiger partial charge in [0.05, 0.1) is 29.5 Å². The molecule has 9 heteroatoms. The van der Waals surface area contributed by atoms with E-state index in [9.17, 15) is 19.2 Å². The van der Waals surface area contributed by atoms with E-state index >= 15 is 0 Å². The van der Waals surface area contributed by atoms with Gasteiger partial charge in [-0.2, -0.15) is 0 Å². The van der Waals surface area contributed by atoms with Crippen LogP contribution in [0.25, 0.3) is 0 Å². The number of aromatic nitrogens is 2. The quantitative estimate of drug-likeness (QED) is 0.441. The van der Waals surface area contributed by atoms with Crippen molar-refractivity contribution in [3.63, 3.8) is 0 Å². The number of nitrogens with zero attached hydrogens (tertiary/aromatic N) is 1. The number of H-pyrrole nitrogens is 1. The Morgan fingerprint density at radius 3 is 2.26 bits per heavy atom. The minimum absolute atomic E-state index is 0.0151. The lowest BCUT2D eigenvalue weighted by molar-refractivity contribution is 0.0192. The zero-order valence-corrected chi connectivity index (χ0v) is 18.3. The molecule has 34 heavy (non-hydrogen) atoms. The van der Waals surface area contributed by atoms with Gasteiger partial charge in [-0.05, 0) is 31.2 Å². The SMILES string of the molecule is CC1(n2ccc(=O)[nH]c2=O)CO[C@H](COC(=O)c2ccccc2)C1=COC(=O)c1ccccc1. The molecule has 0 aliphatic carbocycles. The van der Waals surface area contributed by atoms with E-state index in [-0.39, 0.29) is 13.2 Å². The number of hydrogen-bond acceptors (Lipinski definition) is 7. The Morgan fingerprint density at radius 1 is 1.03 bits per heavy atom. The fourth-order valence-corrected chi connectivity index (χ4v) is 3.71. The number of aromatic amines is 1. The highest BCUT2D eigenvalue weighted by molar-refractivity contribution is 5.90.